The molecule has 138 valence electrons. The van der Waals surface area contributed by atoms with Crippen LogP contribution < -0.4 is 5.32 Å². The molecule has 6 nitrogen and oxygen atoms in total. The molecule has 0 spiro atoms. The van der Waals surface area contributed by atoms with E-state index in [1.165, 1.54) is 5.56 Å². The Morgan fingerprint density at radius 2 is 1.96 bits per heavy atom. The molecular weight excluding hydrogens is 364 g/mol. The van der Waals surface area contributed by atoms with Crippen molar-refractivity contribution in [3.05, 3.63) is 64.9 Å². The molecule has 0 bridgehead atoms. The molecule has 1 heterocycles. The summed E-state index contributed by atoms with van der Waals surface area (Å²) in [7, 11) is 1.95. The van der Waals surface area contributed by atoms with Crippen LogP contribution in [0.1, 0.15) is 24.2 Å². The molecule has 1 aromatic heterocycles. The number of carbonyl (C=O) groups excluding carboxylic acids is 1. The number of nitrogens with zero attached hydrogens (tertiary/aromatic N) is 3. The van der Waals surface area contributed by atoms with E-state index in [0.29, 0.717) is 16.5 Å². The summed E-state index contributed by atoms with van der Waals surface area (Å²) >= 11 is 6.42. The molecule has 27 heavy (non-hydrogen) atoms. The molecule has 0 atom stereocenters. The molecule has 3 aromatic rings. The second kappa shape index (κ2) is 6.79. The highest BCUT2D eigenvalue weighted by Gasteiger charge is 2.49. The lowest BCUT2D eigenvalue weighted by molar-refractivity contribution is -0.118. The number of carbonyl (C=O) groups is 1. The van der Waals surface area contributed by atoms with E-state index in [1.807, 2.05) is 29.8 Å². The molecule has 4 rings (SSSR count). The van der Waals surface area contributed by atoms with Crippen LogP contribution in [0, 0.1) is 0 Å². The molecule has 0 aliphatic heterocycles. The topological polar surface area (TPSA) is 80.0 Å². The number of amides is 1. The summed E-state index contributed by atoms with van der Waals surface area (Å²) in [6.45, 7) is -0.576. The third-order valence-corrected chi connectivity index (χ3v) is 5.33. The van der Waals surface area contributed by atoms with E-state index in [9.17, 15) is 4.79 Å². The summed E-state index contributed by atoms with van der Waals surface area (Å²) < 4.78 is 1.99. The molecule has 1 amide bonds. The van der Waals surface area contributed by atoms with Gasteiger partial charge < -0.3 is 15.0 Å². The maximum absolute atomic E-state index is 11.3. The number of rotatable bonds is 5. The lowest BCUT2D eigenvalue weighted by Crippen LogP contribution is -2.15. The predicted molar refractivity (Wildman–Crippen MR) is 104 cm³/mol. The van der Waals surface area contributed by atoms with Crippen molar-refractivity contribution in [2.45, 2.75) is 18.3 Å². The molecule has 0 radical (unpaired) electrons. The van der Waals surface area contributed by atoms with Gasteiger partial charge in [-0.05, 0) is 36.6 Å². The van der Waals surface area contributed by atoms with E-state index in [4.69, 9.17) is 16.7 Å². The summed E-state index contributed by atoms with van der Waals surface area (Å²) in [6.07, 6.45) is 2.09. The van der Waals surface area contributed by atoms with Crippen molar-refractivity contribution in [1.29, 1.82) is 0 Å². The molecule has 1 aliphatic rings. The van der Waals surface area contributed by atoms with Crippen LogP contribution in [0.2, 0.25) is 5.02 Å². The van der Waals surface area contributed by atoms with E-state index in [1.54, 1.807) is 18.2 Å². The number of aliphatic hydroxyl groups excluding tert-OH is 1. The molecule has 0 saturated heterocycles. The first-order chi connectivity index (χ1) is 13.0. The Bertz CT molecular complexity index is 996. The second-order valence-corrected chi connectivity index (χ2v) is 7.16. The van der Waals surface area contributed by atoms with Crippen molar-refractivity contribution in [3.63, 3.8) is 0 Å². The molecule has 1 fully saturated rings. The first kappa shape index (κ1) is 17.7. The highest BCUT2D eigenvalue weighted by atomic mass is 35.5. The number of hydrogen-bond acceptors (Lipinski definition) is 4. The standard InChI is InChI=1S/C20H19ClN4O2/c1-25-18(15-8-7-14(11-16(15)21)22-17(27)12-26)23-24-19(25)20(9-10-20)13-5-3-2-4-6-13/h2-8,11,26H,9-10,12H2,1H3,(H,22,27). The lowest BCUT2D eigenvalue weighted by Gasteiger charge is -2.15. The average Bonchev–Trinajstić information content (AvgIpc) is 3.40. The van der Waals surface area contributed by atoms with Gasteiger partial charge in [0.1, 0.15) is 12.4 Å². The van der Waals surface area contributed by atoms with Gasteiger partial charge in [-0.15, -0.1) is 10.2 Å². The van der Waals surface area contributed by atoms with Crippen LogP contribution in [-0.4, -0.2) is 32.4 Å². The van der Waals surface area contributed by atoms with Crippen molar-refractivity contribution in [1.82, 2.24) is 14.8 Å². The molecule has 7 heteroatoms. The zero-order valence-electron chi connectivity index (χ0n) is 14.8. The van der Waals surface area contributed by atoms with Gasteiger partial charge in [0.15, 0.2) is 5.82 Å². The Morgan fingerprint density at radius 3 is 2.59 bits per heavy atom. The first-order valence-electron chi connectivity index (χ1n) is 8.71. The van der Waals surface area contributed by atoms with Gasteiger partial charge in [0, 0.05) is 18.3 Å². The number of aliphatic hydroxyl groups is 1. The minimum absolute atomic E-state index is 0.0806. The molecule has 1 saturated carbocycles. The number of hydrogen-bond donors (Lipinski definition) is 2. The zero-order chi connectivity index (χ0) is 19.0. The van der Waals surface area contributed by atoms with E-state index in [-0.39, 0.29) is 5.41 Å². The van der Waals surface area contributed by atoms with E-state index < -0.39 is 12.5 Å². The van der Waals surface area contributed by atoms with Crippen LogP contribution in [0.25, 0.3) is 11.4 Å². The monoisotopic (exact) mass is 382 g/mol. The fourth-order valence-corrected chi connectivity index (χ4v) is 3.74. The smallest absolute Gasteiger partial charge is 0.250 e. The Labute approximate surface area is 161 Å². The quantitative estimate of drug-likeness (QED) is 0.710. The van der Waals surface area contributed by atoms with E-state index in [2.05, 4.69) is 27.6 Å². The summed E-state index contributed by atoms with van der Waals surface area (Å²) in [5.74, 6) is 1.12. The van der Waals surface area contributed by atoms with E-state index in [0.717, 1.165) is 24.2 Å². The van der Waals surface area contributed by atoms with Crippen LogP contribution in [0.3, 0.4) is 0 Å². The van der Waals surface area contributed by atoms with Gasteiger partial charge in [0.2, 0.25) is 5.91 Å². The summed E-state index contributed by atoms with van der Waals surface area (Å²) in [6, 6.07) is 15.5. The van der Waals surface area contributed by atoms with Crippen LogP contribution in [-0.2, 0) is 17.3 Å². The maximum Gasteiger partial charge on any atom is 0.250 e. The largest absolute Gasteiger partial charge is 0.387 e. The molecule has 1 aliphatic carbocycles. The minimum Gasteiger partial charge on any atom is -0.387 e. The van der Waals surface area contributed by atoms with Gasteiger partial charge in [0.05, 0.1) is 10.4 Å². The first-order valence-corrected chi connectivity index (χ1v) is 9.09. The highest BCUT2D eigenvalue weighted by molar-refractivity contribution is 6.33. The van der Waals surface area contributed by atoms with Crippen LogP contribution in [0.5, 0.6) is 0 Å². The Hall–Kier alpha value is -2.70. The van der Waals surface area contributed by atoms with Crippen LogP contribution in [0.15, 0.2) is 48.5 Å². The van der Waals surface area contributed by atoms with Gasteiger partial charge in [-0.1, -0.05) is 41.9 Å². The Kier molecular flexibility index (Phi) is 4.45. The minimum atomic E-state index is -0.576. The maximum atomic E-state index is 11.3. The molecule has 2 aromatic carbocycles. The van der Waals surface area contributed by atoms with Crippen molar-refractivity contribution < 1.29 is 9.90 Å². The van der Waals surface area contributed by atoms with Gasteiger partial charge in [-0.25, -0.2) is 0 Å². The van der Waals surface area contributed by atoms with Crippen molar-refractivity contribution >= 4 is 23.2 Å². The normalized spacial score (nSPS) is 14.8. The van der Waals surface area contributed by atoms with E-state index >= 15 is 0 Å². The third-order valence-electron chi connectivity index (χ3n) is 5.02. The van der Waals surface area contributed by atoms with Crippen molar-refractivity contribution in [2.75, 3.05) is 11.9 Å². The molecular formula is C20H19ClN4O2. The van der Waals surface area contributed by atoms with Gasteiger partial charge in [-0.2, -0.15) is 0 Å². The Morgan fingerprint density at radius 1 is 1.22 bits per heavy atom. The van der Waals surface area contributed by atoms with Crippen molar-refractivity contribution in [2.24, 2.45) is 7.05 Å². The number of anilines is 1. The fourth-order valence-electron chi connectivity index (χ4n) is 3.48. The summed E-state index contributed by atoms with van der Waals surface area (Å²) in [5.41, 5.74) is 2.43. The lowest BCUT2D eigenvalue weighted by atomic mass is 9.95. The second-order valence-electron chi connectivity index (χ2n) is 6.76. The summed E-state index contributed by atoms with van der Waals surface area (Å²) in [4.78, 5) is 11.3. The highest BCUT2D eigenvalue weighted by Crippen LogP contribution is 2.53. The number of nitrogens with one attached hydrogen (secondary N) is 1. The van der Waals surface area contributed by atoms with Crippen LogP contribution in [0.4, 0.5) is 5.69 Å². The number of aromatic nitrogens is 3. The van der Waals surface area contributed by atoms with Gasteiger partial charge >= 0.3 is 0 Å². The third kappa shape index (κ3) is 3.11. The fraction of sp³-hybridized carbons (Fsp3) is 0.250. The zero-order valence-corrected chi connectivity index (χ0v) is 15.6. The Balaban J connectivity index is 1.68. The molecule has 0 unspecified atom stereocenters. The average molecular weight is 383 g/mol. The predicted octanol–water partition coefficient (Wildman–Crippen LogP) is 3.15. The SMILES string of the molecule is Cn1c(-c2ccc(NC(=O)CO)cc2Cl)nnc1C1(c2ccccc2)CC1. The van der Waals surface area contributed by atoms with Gasteiger partial charge in [-0.3, -0.25) is 4.79 Å². The number of halogens is 1. The van der Waals surface area contributed by atoms with Crippen LogP contribution >= 0.6 is 11.6 Å². The number of benzene rings is 2. The summed E-state index contributed by atoms with van der Waals surface area (Å²) in [5, 5.41) is 20.7. The van der Waals surface area contributed by atoms with Gasteiger partial charge in [0.25, 0.3) is 0 Å². The molecule has 2 N–H and O–H groups in total. The van der Waals surface area contributed by atoms with Crippen molar-refractivity contribution in [3.8, 4) is 11.4 Å².